The van der Waals surface area contributed by atoms with Gasteiger partial charge in [-0.05, 0) is 35.7 Å². The van der Waals surface area contributed by atoms with E-state index in [4.69, 9.17) is 10.5 Å². The second kappa shape index (κ2) is 5.04. The lowest BCUT2D eigenvalue weighted by Crippen LogP contribution is -1.98. The predicted octanol–water partition coefficient (Wildman–Crippen LogP) is 2.86. The molecule has 0 amide bonds. The number of aromatic nitrogens is 2. The molecular formula is C14H17N3O. The summed E-state index contributed by atoms with van der Waals surface area (Å²) in [6, 6.07) is 7.62. The molecule has 0 unspecified atom stereocenters. The lowest BCUT2D eigenvalue weighted by molar-refractivity contribution is 0.407. The molecule has 0 aliphatic rings. The molecule has 1 heterocycles. The first-order valence-electron chi connectivity index (χ1n) is 5.88. The highest BCUT2D eigenvalue weighted by molar-refractivity contribution is 5.60. The van der Waals surface area contributed by atoms with Crippen molar-refractivity contribution in [2.24, 2.45) is 0 Å². The van der Waals surface area contributed by atoms with Crippen LogP contribution in [0.4, 0.5) is 5.82 Å². The highest BCUT2D eigenvalue weighted by Crippen LogP contribution is 2.30. The van der Waals surface area contributed by atoms with Crippen molar-refractivity contribution in [2.45, 2.75) is 19.8 Å². The van der Waals surface area contributed by atoms with Crippen LogP contribution in [0.25, 0.3) is 11.4 Å². The van der Waals surface area contributed by atoms with Crippen molar-refractivity contribution in [1.82, 2.24) is 9.97 Å². The van der Waals surface area contributed by atoms with Crippen LogP contribution in [0.1, 0.15) is 25.3 Å². The number of ether oxygens (including phenoxy) is 1. The van der Waals surface area contributed by atoms with E-state index < -0.39 is 0 Å². The highest BCUT2D eigenvalue weighted by atomic mass is 16.5. The summed E-state index contributed by atoms with van der Waals surface area (Å²) >= 11 is 0. The summed E-state index contributed by atoms with van der Waals surface area (Å²) in [4.78, 5) is 8.46. The second-order valence-corrected chi connectivity index (χ2v) is 4.42. The van der Waals surface area contributed by atoms with Crippen LogP contribution < -0.4 is 10.5 Å². The van der Waals surface area contributed by atoms with Crippen LogP contribution in [-0.2, 0) is 0 Å². The number of nitrogen functional groups attached to an aromatic ring is 1. The molecule has 2 aromatic rings. The predicted molar refractivity (Wildman–Crippen MR) is 72.5 cm³/mol. The summed E-state index contributed by atoms with van der Waals surface area (Å²) in [5.41, 5.74) is 7.76. The van der Waals surface area contributed by atoms with Gasteiger partial charge in [0.25, 0.3) is 0 Å². The Balaban J connectivity index is 2.50. The fourth-order valence-corrected chi connectivity index (χ4v) is 1.84. The van der Waals surface area contributed by atoms with Gasteiger partial charge < -0.3 is 10.5 Å². The number of anilines is 1. The molecule has 4 nitrogen and oxygen atoms in total. The van der Waals surface area contributed by atoms with Crippen LogP contribution in [0, 0.1) is 0 Å². The van der Waals surface area contributed by atoms with E-state index >= 15 is 0 Å². The minimum Gasteiger partial charge on any atom is -0.496 e. The number of nitrogens with two attached hydrogens (primary N) is 1. The average molecular weight is 243 g/mol. The van der Waals surface area contributed by atoms with Gasteiger partial charge in [0.05, 0.1) is 7.11 Å². The van der Waals surface area contributed by atoms with Gasteiger partial charge in [0.15, 0.2) is 5.82 Å². The molecule has 0 spiro atoms. The molecule has 0 saturated heterocycles. The fourth-order valence-electron chi connectivity index (χ4n) is 1.84. The number of hydrogen-bond donors (Lipinski definition) is 1. The third kappa shape index (κ3) is 2.42. The van der Waals surface area contributed by atoms with E-state index in [0.717, 1.165) is 16.9 Å². The van der Waals surface area contributed by atoms with E-state index in [9.17, 15) is 0 Å². The third-order valence-corrected chi connectivity index (χ3v) is 2.79. The maximum absolute atomic E-state index is 5.67. The normalized spacial score (nSPS) is 10.7. The standard InChI is InChI=1S/C14H17N3O/c1-9(2)11-8-10(4-5-12(11)18-3)14-16-7-6-13(15)17-14/h4-9H,1-3H3,(H2,15,16,17). The largest absolute Gasteiger partial charge is 0.496 e. The molecule has 2 N–H and O–H groups in total. The number of nitrogens with zero attached hydrogens (tertiary/aromatic N) is 2. The van der Waals surface area contributed by atoms with Crippen LogP contribution in [0.3, 0.4) is 0 Å². The lowest BCUT2D eigenvalue weighted by atomic mass is 9.99. The van der Waals surface area contributed by atoms with E-state index in [1.165, 1.54) is 0 Å². The minimum atomic E-state index is 0.376. The van der Waals surface area contributed by atoms with Crippen molar-refractivity contribution < 1.29 is 4.74 Å². The number of hydrogen-bond acceptors (Lipinski definition) is 4. The van der Waals surface area contributed by atoms with Gasteiger partial charge in [-0.3, -0.25) is 0 Å². The molecule has 94 valence electrons. The Kier molecular flexibility index (Phi) is 3.46. The van der Waals surface area contributed by atoms with Gasteiger partial charge >= 0.3 is 0 Å². The molecule has 4 heteroatoms. The van der Waals surface area contributed by atoms with E-state index in [2.05, 4.69) is 29.9 Å². The summed E-state index contributed by atoms with van der Waals surface area (Å²) < 4.78 is 5.36. The van der Waals surface area contributed by atoms with Gasteiger partial charge in [0, 0.05) is 11.8 Å². The lowest BCUT2D eigenvalue weighted by Gasteiger charge is -2.13. The summed E-state index contributed by atoms with van der Waals surface area (Å²) in [6.07, 6.45) is 1.66. The van der Waals surface area contributed by atoms with E-state index in [1.807, 2.05) is 12.1 Å². The summed E-state index contributed by atoms with van der Waals surface area (Å²) in [5, 5.41) is 0. The second-order valence-electron chi connectivity index (χ2n) is 4.42. The van der Waals surface area contributed by atoms with Crippen molar-refractivity contribution >= 4 is 5.82 Å². The van der Waals surface area contributed by atoms with Gasteiger partial charge in [0.2, 0.25) is 0 Å². The Labute approximate surface area is 107 Å². The minimum absolute atomic E-state index is 0.376. The summed E-state index contributed by atoms with van der Waals surface area (Å²) in [6.45, 7) is 4.25. The summed E-state index contributed by atoms with van der Waals surface area (Å²) in [5.74, 6) is 2.38. The highest BCUT2D eigenvalue weighted by Gasteiger charge is 2.10. The van der Waals surface area contributed by atoms with Gasteiger partial charge in [-0.15, -0.1) is 0 Å². The molecule has 0 radical (unpaired) electrons. The summed E-state index contributed by atoms with van der Waals surface area (Å²) in [7, 11) is 1.68. The quantitative estimate of drug-likeness (QED) is 0.900. The van der Waals surface area contributed by atoms with Crippen molar-refractivity contribution in [3.05, 3.63) is 36.0 Å². The van der Waals surface area contributed by atoms with Gasteiger partial charge in [-0.25, -0.2) is 9.97 Å². The van der Waals surface area contributed by atoms with Crippen LogP contribution >= 0.6 is 0 Å². The van der Waals surface area contributed by atoms with Crippen LogP contribution in [-0.4, -0.2) is 17.1 Å². The van der Waals surface area contributed by atoms with E-state index in [-0.39, 0.29) is 0 Å². The molecule has 0 atom stereocenters. The molecule has 0 saturated carbocycles. The zero-order chi connectivity index (χ0) is 13.1. The molecule has 0 aliphatic heterocycles. The molecule has 1 aromatic heterocycles. The Morgan fingerprint density at radius 1 is 1.22 bits per heavy atom. The Morgan fingerprint density at radius 3 is 2.61 bits per heavy atom. The number of methoxy groups -OCH3 is 1. The van der Waals surface area contributed by atoms with E-state index in [0.29, 0.717) is 17.6 Å². The molecule has 0 fully saturated rings. The van der Waals surface area contributed by atoms with Crippen molar-refractivity contribution in [3.63, 3.8) is 0 Å². The molecule has 18 heavy (non-hydrogen) atoms. The maximum atomic E-state index is 5.67. The first-order valence-corrected chi connectivity index (χ1v) is 5.88. The van der Waals surface area contributed by atoms with Crippen LogP contribution in [0.15, 0.2) is 30.5 Å². The smallest absolute Gasteiger partial charge is 0.161 e. The first-order chi connectivity index (χ1) is 8.61. The fraction of sp³-hybridized carbons (Fsp3) is 0.286. The zero-order valence-corrected chi connectivity index (χ0v) is 10.8. The van der Waals surface area contributed by atoms with Crippen LogP contribution in [0.5, 0.6) is 5.75 Å². The van der Waals surface area contributed by atoms with Crippen molar-refractivity contribution in [3.8, 4) is 17.1 Å². The van der Waals surface area contributed by atoms with Crippen molar-refractivity contribution in [1.29, 1.82) is 0 Å². The Morgan fingerprint density at radius 2 is 2.00 bits per heavy atom. The van der Waals surface area contributed by atoms with Crippen molar-refractivity contribution in [2.75, 3.05) is 12.8 Å². The molecule has 0 bridgehead atoms. The topological polar surface area (TPSA) is 61.0 Å². The first kappa shape index (κ1) is 12.4. The third-order valence-electron chi connectivity index (χ3n) is 2.79. The van der Waals surface area contributed by atoms with E-state index in [1.54, 1.807) is 19.4 Å². The SMILES string of the molecule is COc1ccc(-c2nccc(N)n2)cc1C(C)C. The Bertz CT molecular complexity index is 552. The van der Waals surface area contributed by atoms with Crippen LogP contribution in [0.2, 0.25) is 0 Å². The molecular weight excluding hydrogens is 226 g/mol. The van der Waals surface area contributed by atoms with Gasteiger partial charge in [-0.2, -0.15) is 0 Å². The number of benzene rings is 1. The molecule has 1 aromatic carbocycles. The monoisotopic (exact) mass is 243 g/mol. The molecule has 2 rings (SSSR count). The Hall–Kier alpha value is -2.10. The zero-order valence-electron chi connectivity index (χ0n) is 10.8. The average Bonchev–Trinajstić information content (AvgIpc) is 2.38. The van der Waals surface area contributed by atoms with Gasteiger partial charge in [0.1, 0.15) is 11.6 Å². The maximum Gasteiger partial charge on any atom is 0.161 e. The number of rotatable bonds is 3. The van der Waals surface area contributed by atoms with Gasteiger partial charge in [-0.1, -0.05) is 13.8 Å². The molecule has 0 aliphatic carbocycles.